The zero-order chi connectivity index (χ0) is 44.4. The number of pyridine rings is 2. The van der Waals surface area contributed by atoms with E-state index in [4.69, 9.17) is 52.1 Å². The highest BCUT2D eigenvalue weighted by molar-refractivity contribution is 6.31. The van der Waals surface area contributed by atoms with Crippen LogP contribution in [-0.2, 0) is 19.2 Å². The van der Waals surface area contributed by atoms with E-state index in [1.54, 1.807) is 63.4 Å². The van der Waals surface area contributed by atoms with E-state index in [1.165, 1.54) is 12.3 Å². The quantitative estimate of drug-likeness (QED) is 0.111. The number of nitrogen functional groups attached to an aromatic ring is 1. The predicted molar refractivity (Wildman–Crippen MR) is 233 cm³/mol. The van der Waals surface area contributed by atoms with E-state index in [2.05, 4.69) is 14.9 Å². The Hall–Kier alpha value is -5.42. The van der Waals surface area contributed by atoms with Crippen molar-refractivity contribution < 1.29 is 34.3 Å². The summed E-state index contributed by atoms with van der Waals surface area (Å²) in [4.78, 5) is 75.9. The van der Waals surface area contributed by atoms with Gasteiger partial charge in [0.1, 0.15) is 0 Å². The molecule has 5 unspecified atom stereocenters. The highest BCUT2D eigenvalue weighted by Gasteiger charge is 2.46. The van der Waals surface area contributed by atoms with Crippen LogP contribution in [0.4, 0.5) is 23.0 Å². The normalized spacial score (nSPS) is 23.3. The molecule has 0 radical (unpaired) electrons. The van der Waals surface area contributed by atoms with E-state index in [-0.39, 0.29) is 40.9 Å². The lowest BCUT2D eigenvalue weighted by molar-refractivity contribution is -0.384. The van der Waals surface area contributed by atoms with Crippen molar-refractivity contribution in [1.82, 2.24) is 19.8 Å². The summed E-state index contributed by atoms with van der Waals surface area (Å²) >= 11 is 24.0. The number of piperazine rings is 2. The number of aliphatic carboxylic acids is 2. The second-order valence-electron chi connectivity index (χ2n) is 15.7. The number of aromatic nitrogens is 2. The van der Waals surface area contributed by atoms with E-state index < -0.39 is 46.6 Å². The third kappa shape index (κ3) is 9.48. The van der Waals surface area contributed by atoms with Crippen LogP contribution in [0.25, 0.3) is 0 Å². The number of hydrogen-bond acceptors (Lipinski definition) is 11. The molecule has 2 amide bonds. The van der Waals surface area contributed by atoms with E-state index in [9.17, 15) is 39.5 Å². The molecule has 4 fully saturated rings. The number of halogens is 4. The third-order valence-electron chi connectivity index (χ3n) is 12.1. The van der Waals surface area contributed by atoms with Gasteiger partial charge in [0.05, 0.1) is 56.4 Å². The molecule has 4 aromatic rings. The van der Waals surface area contributed by atoms with Gasteiger partial charge in [-0.15, -0.1) is 0 Å². The molecule has 62 heavy (non-hydrogen) atoms. The zero-order valence-electron chi connectivity index (χ0n) is 33.0. The Bertz CT molecular complexity index is 2360. The molecule has 4 N–H and O–H groups in total. The number of carboxylic acid groups (broad SMARTS) is 2. The maximum Gasteiger partial charge on any atom is 0.313 e. The number of carbonyl (C=O) groups excluding carboxylic acids is 2. The first-order chi connectivity index (χ1) is 29.6. The molecule has 16 nitrogen and oxygen atoms in total. The van der Waals surface area contributed by atoms with Gasteiger partial charge in [0.25, 0.3) is 0 Å². The Kier molecular flexibility index (Phi) is 13.6. The van der Waals surface area contributed by atoms with Crippen LogP contribution < -0.4 is 15.5 Å². The average molecular weight is 929 g/mol. The Labute approximate surface area is 376 Å². The second-order valence-corrected chi connectivity index (χ2v) is 17.4. The molecule has 2 aliphatic carbocycles. The van der Waals surface area contributed by atoms with Gasteiger partial charge in [0.15, 0.2) is 5.82 Å². The molecular weight excluding hydrogens is 886 g/mol. The van der Waals surface area contributed by atoms with Crippen molar-refractivity contribution >= 4 is 93.2 Å². The van der Waals surface area contributed by atoms with Gasteiger partial charge in [-0.1, -0.05) is 70.7 Å². The molecule has 2 saturated heterocycles. The van der Waals surface area contributed by atoms with Gasteiger partial charge in [-0.3, -0.25) is 29.3 Å². The van der Waals surface area contributed by atoms with Crippen LogP contribution in [0.5, 0.6) is 0 Å². The van der Waals surface area contributed by atoms with Gasteiger partial charge in [0, 0.05) is 67.8 Å². The fourth-order valence-electron chi connectivity index (χ4n) is 8.53. The van der Waals surface area contributed by atoms with Crippen molar-refractivity contribution in [1.29, 1.82) is 0 Å². The summed E-state index contributed by atoms with van der Waals surface area (Å²) in [5, 5.41) is 32.1. The Morgan fingerprint density at radius 3 is 1.40 bits per heavy atom. The number of nitro groups is 1. The van der Waals surface area contributed by atoms with Crippen molar-refractivity contribution in [3.8, 4) is 0 Å². The minimum atomic E-state index is -0.955. The molecular formula is C42H42Cl4N8O8. The van der Waals surface area contributed by atoms with Crippen LogP contribution in [0, 0.1) is 33.8 Å². The summed E-state index contributed by atoms with van der Waals surface area (Å²) < 4.78 is 0. The lowest BCUT2D eigenvalue weighted by atomic mass is 9.72. The van der Waals surface area contributed by atoms with Crippen molar-refractivity contribution in [2.24, 2.45) is 23.7 Å². The Morgan fingerprint density at radius 2 is 1.02 bits per heavy atom. The fourth-order valence-corrected chi connectivity index (χ4v) is 9.10. The van der Waals surface area contributed by atoms with Gasteiger partial charge < -0.3 is 35.5 Å². The van der Waals surface area contributed by atoms with E-state index in [0.717, 1.165) is 11.1 Å². The van der Waals surface area contributed by atoms with Crippen molar-refractivity contribution in [2.45, 2.75) is 37.8 Å². The highest BCUT2D eigenvalue weighted by atomic mass is 35.5. The highest BCUT2D eigenvalue weighted by Crippen LogP contribution is 2.41. The first-order valence-electron chi connectivity index (χ1n) is 19.9. The number of benzene rings is 2. The van der Waals surface area contributed by atoms with Crippen molar-refractivity contribution in [3.05, 3.63) is 114 Å². The maximum atomic E-state index is 13.1. The van der Waals surface area contributed by atoms with Crippen LogP contribution in [0.1, 0.15) is 48.9 Å². The lowest BCUT2D eigenvalue weighted by Crippen LogP contribution is -2.55. The van der Waals surface area contributed by atoms with Gasteiger partial charge in [-0.25, -0.2) is 9.97 Å². The van der Waals surface area contributed by atoms with Crippen LogP contribution >= 0.6 is 46.4 Å². The summed E-state index contributed by atoms with van der Waals surface area (Å²) in [5.74, 6) is -3.59. The maximum absolute atomic E-state index is 13.1. The number of amides is 2. The van der Waals surface area contributed by atoms with Gasteiger partial charge >= 0.3 is 17.6 Å². The molecule has 6 atom stereocenters. The zero-order valence-corrected chi connectivity index (χ0v) is 36.1. The van der Waals surface area contributed by atoms with Crippen LogP contribution in [-0.4, -0.2) is 97.9 Å². The summed E-state index contributed by atoms with van der Waals surface area (Å²) in [6.07, 6.45) is 5.12. The van der Waals surface area contributed by atoms with Crippen molar-refractivity contribution in [3.63, 3.8) is 0 Å². The molecule has 326 valence electrons. The lowest BCUT2D eigenvalue weighted by Gasteiger charge is -2.45. The van der Waals surface area contributed by atoms with Crippen molar-refractivity contribution in [2.75, 3.05) is 54.8 Å². The van der Waals surface area contributed by atoms with E-state index in [1.807, 2.05) is 12.1 Å². The molecule has 2 aromatic carbocycles. The first kappa shape index (κ1) is 44.6. The largest absolute Gasteiger partial charge is 0.481 e. The SMILES string of the molecule is Nc1cc(Cl)cnc1N1CCN(C(=O)C2CCC2C(=O)O)CC1c1ccc(Cl)cc1.O=C(O)C1CC[C@@H]1C(=O)N1CCN(c2ncc(Cl)cc2[N+](=O)[O-])C(c2ccc(Cl)cc2)C1. The fraction of sp³-hybridized carbons (Fsp3) is 0.381. The summed E-state index contributed by atoms with van der Waals surface area (Å²) in [6.45, 7) is 2.22. The van der Waals surface area contributed by atoms with Gasteiger partial charge in [-0.2, -0.15) is 0 Å². The molecule has 2 aromatic heterocycles. The molecule has 0 bridgehead atoms. The van der Waals surface area contributed by atoms with Crippen LogP contribution in [0.15, 0.2) is 73.1 Å². The number of carbonyl (C=O) groups is 4. The monoisotopic (exact) mass is 926 g/mol. The van der Waals surface area contributed by atoms with Crippen LogP contribution in [0.2, 0.25) is 20.1 Å². The number of anilines is 3. The van der Waals surface area contributed by atoms with E-state index in [0.29, 0.717) is 85.0 Å². The minimum absolute atomic E-state index is 0.0932. The first-order valence-corrected chi connectivity index (χ1v) is 21.4. The van der Waals surface area contributed by atoms with Crippen LogP contribution in [0.3, 0.4) is 0 Å². The van der Waals surface area contributed by atoms with Gasteiger partial charge in [-0.05, 0) is 67.1 Å². The standard InChI is InChI=1S/C21H20Cl2N4O5.C21H22Cl2N4O3/c22-13-3-1-12(2-4-13)18-11-25(20(28)15-5-6-16(15)21(29)30)7-8-26(18)19-17(27(31)32)9-14(23)10-24-19;22-13-3-1-12(2-4-13)18-11-26(20(28)15-5-6-16(15)21(29)30)7-8-27(18)19-17(24)9-14(23)10-25-19/h1-4,9-10,15-16,18H,5-8,11H2,(H,29,30);1-4,9-10,15-16,18H,5-8,11,24H2,(H,29,30)/t15-,16?,18?;/m0./s1. The molecule has 0 spiro atoms. The summed E-state index contributed by atoms with van der Waals surface area (Å²) in [7, 11) is 0. The number of nitrogens with two attached hydrogens (primary N) is 1. The smallest absolute Gasteiger partial charge is 0.313 e. The minimum Gasteiger partial charge on any atom is -0.481 e. The number of hydrogen-bond donors (Lipinski definition) is 3. The second kappa shape index (κ2) is 18.9. The average Bonchev–Trinajstić information content (AvgIpc) is 3.20. The molecule has 4 aliphatic rings. The van der Waals surface area contributed by atoms with Gasteiger partial charge in [0.2, 0.25) is 17.6 Å². The molecule has 8 rings (SSSR count). The molecule has 2 aliphatic heterocycles. The molecule has 2 saturated carbocycles. The molecule has 20 heteroatoms. The third-order valence-corrected chi connectivity index (χ3v) is 13.0. The number of carboxylic acids is 2. The molecule has 4 heterocycles. The summed E-state index contributed by atoms with van der Waals surface area (Å²) in [5.41, 5.74) is 8.20. The van der Waals surface area contributed by atoms with E-state index >= 15 is 0 Å². The number of nitrogens with zero attached hydrogens (tertiary/aromatic N) is 7. The number of rotatable bonds is 9. The Balaban J connectivity index is 0.000000187. The predicted octanol–water partition coefficient (Wildman–Crippen LogP) is 7.27. The Morgan fingerprint density at radius 1 is 0.613 bits per heavy atom. The summed E-state index contributed by atoms with van der Waals surface area (Å²) in [6, 6.07) is 16.8. The topological polar surface area (TPSA) is 217 Å².